The molecule has 0 spiro atoms. The minimum atomic E-state index is -1.86. The maximum Gasteiger partial charge on any atom is 0.336 e. The molecule has 37 heavy (non-hydrogen) atoms. The fraction of sp³-hybridized carbons (Fsp3) is 0.241. The highest BCUT2D eigenvalue weighted by Crippen LogP contribution is 2.35. The maximum absolute atomic E-state index is 12.4. The molecule has 0 aromatic heterocycles. The van der Waals surface area contributed by atoms with Gasteiger partial charge in [0.05, 0.1) is 12.7 Å². The molecular formula is C29H28O8. The predicted molar refractivity (Wildman–Crippen MR) is 135 cm³/mol. The summed E-state index contributed by atoms with van der Waals surface area (Å²) in [6.07, 6.45) is -2.34. The van der Waals surface area contributed by atoms with Crippen molar-refractivity contribution in [3.8, 4) is 16.9 Å². The van der Waals surface area contributed by atoms with Gasteiger partial charge in [0, 0.05) is 18.9 Å². The number of phenols is 1. The minimum Gasteiger partial charge on any atom is -0.508 e. The summed E-state index contributed by atoms with van der Waals surface area (Å²) in [6.45, 7) is -0.0500. The Kier molecular flexibility index (Phi) is 8.03. The molecule has 4 rings (SSSR count). The number of aromatic hydroxyl groups is 1. The largest absolute Gasteiger partial charge is 0.508 e. The van der Waals surface area contributed by atoms with Gasteiger partial charge in [-0.05, 0) is 40.5 Å². The van der Waals surface area contributed by atoms with Gasteiger partial charge in [0.25, 0.3) is 0 Å². The van der Waals surface area contributed by atoms with E-state index in [9.17, 15) is 30.0 Å². The Hall–Kier alpha value is -3.98. The van der Waals surface area contributed by atoms with Gasteiger partial charge in [-0.3, -0.25) is 0 Å². The predicted octanol–water partition coefficient (Wildman–Crippen LogP) is 3.54. The number of carbonyl (C=O) groups is 2. The van der Waals surface area contributed by atoms with E-state index in [1.54, 1.807) is 12.1 Å². The zero-order valence-electron chi connectivity index (χ0n) is 19.9. The van der Waals surface area contributed by atoms with Crippen LogP contribution in [-0.4, -0.2) is 56.3 Å². The van der Waals surface area contributed by atoms with E-state index < -0.39 is 35.9 Å². The maximum atomic E-state index is 12.4. The van der Waals surface area contributed by atoms with E-state index in [2.05, 4.69) is 0 Å². The first-order chi connectivity index (χ1) is 17.8. The smallest absolute Gasteiger partial charge is 0.336 e. The van der Waals surface area contributed by atoms with E-state index in [1.165, 1.54) is 18.2 Å². The quantitative estimate of drug-likeness (QED) is 0.270. The molecule has 0 bridgehead atoms. The van der Waals surface area contributed by atoms with E-state index in [-0.39, 0.29) is 25.2 Å². The van der Waals surface area contributed by atoms with Crippen molar-refractivity contribution in [1.82, 2.24) is 0 Å². The number of hydrogen-bond donors (Lipinski definition) is 4. The van der Waals surface area contributed by atoms with Crippen molar-refractivity contribution in [2.45, 2.75) is 43.4 Å². The molecule has 192 valence electrons. The Morgan fingerprint density at radius 2 is 1.54 bits per heavy atom. The molecule has 1 fully saturated rings. The van der Waals surface area contributed by atoms with Gasteiger partial charge in [-0.1, -0.05) is 66.7 Å². The topological polar surface area (TPSA) is 134 Å². The normalized spacial score (nSPS) is 23.6. The van der Waals surface area contributed by atoms with Crippen molar-refractivity contribution in [2.24, 2.45) is 0 Å². The summed E-state index contributed by atoms with van der Waals surface area (Å²) in [5.41, 5.74) is 1.54. The van der Waals surface area contributed by atoms with E-state index in [1.807, 2.05) is 54.6 Å². The van der Waals surface area contributed by atoms with Crippen LogP contribution in [0.15, 0.2) is 84.9 Å². The molecule has 1 saturated carbocycles. The number of aliphatic hydroxyl groups excluding tert-OH is 2. The third kappa shape index (κ3) is 6.42. The molecule has 4 atom stereocenters. The summed E-state index contributed by atoms with van der Waals surface area (Å²) in [7, 11) is 0. The minimum absolute atomic E-state index is 0.0500. The lowest BCUT2D eigenvalue weighted by molar-refractivity contribution is -0.209. The number of aliphatic hydroxyl groups is 2. The van der Waals surface area contributed by atoms with Crippen LogP contribution in [0.1, 0.15) is 24.0 Å². The number of carboxylic acids is 1. The lowest BCUT2D eigenvalue weighted by atomic mass is 9.79. The first-order valence-corrected chi connectivity index (χ1v) is 11.8. The lowest BCUT2D eigenvalue weighted by Crippen LogP contribution is -2.58. The summed E-state index contributed by atoms with van der Waals surface area (Å²) in [5, 5.41) is 40.2. The summed E-state index contributed by atoms with van der Waals surface area (Å²) in [6, 6.07) is 23.4. The van der Waals surface area contributed by atoms with Gasteiger partial charge in [-0.25, -0.2) is 9.59 Å². The van der Waals surface area contributed by atoms with Crippen LogP contribution in [0.4, 0.5) is 0 Å². The van der Waals surface area contributed by atoms with Crippen LogP contribution in [0.5, 0.6) is 5.75 Å². The SMILES string of the molecule is O=C(/C=C/c1ccc(O)cc1)O[C@@H]1C[C@](OCc2ccc(-c3ccccc3)cc2)(C(=O)O)C[C@@H](O)[C@H]1O. The molecule has 8 heteroatoms. The molecule has 8 nitrogen and oxygen atoms in total. The Morgan fingerprint density at radius 3 is 2.19 bits per heavy atom. The summed E-state index contributed by atoms with van der Waals surface area (Å²) >= 11 is 0. The number of ether oxygens (including phenoxy) is 2. The average molecular weight is 505 g/mol. The van der Waals surface area contributed by atoms with Crippen LogP contribution < -0.4 is 0 Å². The molecule has 0 amide bonds. The number of benzene rings is 3. The van der Waals surface area contributed by atoms with Crippen LogP contribution in [0.2, 0.25) is 0 Å². The molecule has 0 aliphatic heterocycles. The van der Waals surface area contributed by atoms with Crippen molar-refractivity contribution in [3.63, 3.8) is 0 Å². The summed E-state index contributed by atoms with van der Waals surface area (Å²) in [5.74, 6) is -2.06. The van der Waals surface area contributed by atoms with E-state index in [0.717, 1.165) is 22.8 Å². The third-order valence-corrected chi connectivity index (χ3v) is 6.38. The second-order valence-electron chi connectivity index (χ2n) is 9.02. The Balaban J connectivity index is 1.43. The average Bonchev–Trinajstić information content (AvgIpc) is 2.90. The van der Waals surface area contributed by atoms with E-state index in [4.69, 9.17) is 9.47 Å². The fourth-order valence-corrected chi connectivity index (χ4v) is 4.28. The van der Waals surface area contributed by atoms with Gasteiger partial charge in [0.15, 0.2) is 5.60 Å². The molecule has 4 N–H and O–H groups in total. The standard InChI is InChI=1S/C29H28O8/c30-23-13-8-19(9-14-23)10-15-26(32)37-25-17-29(28(34)35,16-24(31)27(25)33)36-18-20-6-11-22(12-7-20)21-4-2-1-3-5-21/h1-15,24-25,27,30-31,33H,16-18H2,(H,34,35)/b15-10+/t24-,25-,27-,29+/m1/s1. The highest BCUT2D eigenvalue weighted by atomic mass is 16.6. The molecule has 3 aromatic rings. The van der Waals surface area contributed by atoms with Crippen LogP contribution in [0, 0.1) is 0 Å². The third-order valence-electron chi connectivity index (χ3n) is 6.38. The molecule has 3 aromatic carbocycles. The highest BCUT2D eigenvalue weighted by molar-refractivity contribution is 5.87. The van der Waals surface area contributed by atoms with Gasteiger partial charge >= 0.3 is 11.9 Å². The first kappa shape index (κ1) is 26.1. The van der Waals surface area contributed by atoms with Crippen molar-refractivity contribution < 1.29 is 39.5 Å². The molecule has 0 unspecified atom stereocenters. The molecule has 0 saturated heterocycles. The summed E-state index contributed by atoms with van der Waals surface area (Å²) in [4.78, 5) is 24.6. The van der Waals surface area contributed by atoms with Gasteiger partial charge in [0.1, 0.15) is 18.0 Å². The Bertz CT molecular complexity index is 1240. The van der Waals surface area contributed by atoms with Gasteiger partial charge in [-0.15, -0.1) is 0 Å². The molecule has 0 radical (unpaired) electrons. The number of hydrogen-bond acceptors (Lipinski definition) is 7. The van der Waals surface area contributed by atoms with Gasteiger partial charge in [-0.2, -0.15) is 0 Å². The monoisotopic (exact) mass is 504 g/mol. The van der Waals surface area contributed by atoms with E-state index >= 15 is 0 Å². The van der Waals surface area contributed by atoms with Crippen LogP contribution in [-0.2, 0) is 25.7 Å². The summed E-state index contributed by atoms with van der Waals surface area (Å²) < 4.78 is 11.1. The molecule has 1 aliphatic rings. The van der Waals surface area contributed by atoms with Crippen molar-refractivity contribution in [2.75, 3.05) is 0 Å². The zero-order chi connectivity index (χ0) is 26.4. The van der Waals surface area contributed by atoms with Crippen molar-refractivity contribution in [3.05, 3.63) is 96.1 Å². The molecular weight excluding hydrogens is 476 g/mol. The lowest BCUT2D eigenvalue weighted by Gasteiger charge is -2.41. The second-order valence-corrected chi connectivity index (χ2v) is 9.02. The second kappa shape index (κ2) is 11.4. The number of esters is 1. The van der Waals surface area contributed by atoms with Crippen LogP contribution in [0.25, 0.3) is 17.2 Å². The number of aliphatic carboxylic acids is 1. The zero-order valence-corrected chi connectivity index (χ0v) is 19.9. The number of rotatable bonds is 8. The van der Waals surface area contributed by atoms with Crippen LogP contribution in [0.3, 0.4) is 0 Å². The van der Waals surface area contributed by atoms with Crippen LogP contribution >= 0.6 is 0 Å². The van der Waals surface area contributed by atoms with Crippen molar-refractivity contribution in [1.29, 1.82) is 0 Å². The molecule has 0 heterocycles. The number of carbonyl (C=O) groups excluding carboxylic acids is 1. The number of carboxylic acid groups (broad SMARTS) is 1. The van der Waals surface area contributed by atoms with Crippen molar-refractivity contribution >= 4 is 18.0 Å². The first-order valence-electron chi connectivity index (χ1n) is 11.8. The molecule has 1 aliphatic carbocycles. The fourth-order valence-electron chi connectivity index (χ4n) is 4.28. The Morgan fingerprint density at radius 1 is 0.892 bits per heavy atom. The van der Waals surface area contributed by atoms with Gasteiger partial charge in [0.2, 0.25) is 0 Å². The Labute approximate surface area is 214 Å². The van der Waals surface area contributed by atoms with Gasteiger partial charge < -0.3 is 29.9 Å². The highest BCUT2D eigenvalue weighted by Gasteiger charge is 2.52. The number of phenolic OH excluding ortho intramolecular Hbond substituents is 1. The van der Waals surface area contributed by atoms with E-state index in [0.29, 0.717) is 5.56 Å².